The Balaban J connectivity index is 1.92. The molecule has 0 aliphatic carbocycles. The summed E-state index contributed by atoms with van der Waals surface area (Å²) in [5.41, 5.74) is 4.13. The zero-order valence-corrected chi connectivity index (χ0v) is 12.8. The minimum atomic E-state index is 0.766. The van der Waals surface area contributed by atoms with Crippen molar-refractivity contribution >= 4 is 17.4 Å². The molecule has 1 heterocycles. The number of hydrogen-bond donors (Lipinski definition) is 1. The van der Waals surface area contributed by atoms with Crippen LogP contribution in [-0.2, 0) is 11.3 Å². The third-order valence-corrected chi connectivity index (χ3v) is 4.44. The lowest BCUT2D eigenvalue weighted by Gasteiger charge is -2.29. The van der Waals surface area contributed by atoms with E-state index < -0.39 is 0 Å². The normalized spacial score (nSPS) is 15.8. The molecule has 19 heavy (non-hydrogen) atoms. The Morgan fingerprint density at radius 3 is 2.79 bits per heavy atom. The molecular weight excluding hydrogens is 256 g/mol. The molecule has 0 amide bonds. The second kappa shape index (κ2) is 7.78. The SMILES string of the molecule is COCCNCc1ccc(N2CCSCC2)cc1C. The van der Waals surface area contributed by atoms with Crippen LogP contribution in [0.5, 0.6) is 0 Å². The first-order chi connectivity index (χ1) is 9.31. The number of nitrogens with one attached hydrogen (secondary N) is 1. The van der Waals surface area contributed by atoms with E-state index >= 15 is 0 Å². The molecule has 0 atom stereocenters. The van der Waals surface area contributed by atoms with Gasteiger partial charge in [0.2, 0.25) is 0 Å². The molecule has 1 saturated heterocycles. The van der Waals surface area contributed by atoms with Gasteiger partial charge in [-0.2, -0.15) is 11.8 Å². The van der Waals surface area contributed by atoms with Crippen LogP contribution in [0.2, 0.25) is 0 Å². The van der Waals surface area contributed by atoms with Gasteiger partial charge in [0.05, 0.1) is 6.61 Å². The highest BCUT2D eigenvalue weighted by Crippen LogP contribution is 2.22. The number of rotatable bonds is 6. The zero-order chi connectivity index (χ0) is 13.5. The van der Waals surface area contributed by atoms with Crippen molar-refractivity contribution in [2.75, 3.05) is 49.8 Å². The van der Waals surface area contributed by atoms with E-state index in [1.807, 2.05) is 0 Å². The fourth-order valence-corrected chi connectivity index (χ4v) is 3.20. The van der Waals surface area contributed by atoms with Crippen LogP contribution in [0.1, 0.15) is 11.1 Å². The predicted molar refractivity (Wildman–Crippen MR) is 84.3 cm³/mol. The van der Waals surface area contributed by atoms with E-state index in [2.05, 4.69) is 47.1 Å². The summed E-state index contributed by atoms with van der Waals surface area (Å²) in [5.74, 6) is 2.50. The molecule has 2 rings (SSSR count). The van der Waals surface area contributed by atoms with Gasteiger partial charge in [-0.05, 0) is 30.2 Å². The summed E-state index contributed by atoms with van der Waals surface area (Å²) in [6.45, 7) is 7.15. The first kappa shape index (κ1) is 14.7. The van der Waals surface area contributed by atoms with Gasteiger partial charge in [0, 0.05) is 50.5 Å². The quantitative estimate of drug-likeness (QED) is 0.808. The molecule has 3 nitrogen and oxygen atoms in total. The van der Waals surface area contributed by atoms with Crippen molar-refractivity contribution in [2.24, 2.45) is 0 Å². The van der Waals surface area contributed by atoms with Crippen LogP contribution in [0.4, 0.5) is 5.69 Å². The van der Waals surface area contributed by atoms with Gasteiger partial charge in [-0.1, -0.05) is 6.07 Å². The monoisotopic (exact) mass is 280 g/mol. The van der Waals surface area contributed by atoms with Crippen molar-refractivity contribution in [3.8, 4) is 0 Å². The van der Waals surface area contributed by atoms with Gasteiger partial charge < -0.3 is 15.0 Å². The summed E-state index contributed by atoms with van der Waals surface area (Å²) in [5, 5.41) is 3.40. The van der Waals surface area contributed by atoms with Gasteiger partial charge in [-0.15, -0.1) is 0 Å². The van der Waals surface area contributed by atoms with Crippen LogP contribution in [-0.4, -0.2) is 44.9 Å². The minimum absolute atomic E-state index is 0.766. The molecular formula is C15H24N2OS. The summed E-state index contributed by atoms with van der Waals surface area (Å²) in [7, 11) is 1.73. The molecule has 0 aromatic heterocycles. The highest BCUT2D eigenvalue weighted by molar-refractivity contribution is 7.99. The Kier molecular flexibility index (Phi) is 6.01. The third kappa shape index (κ3) is 4.41. The molecule has 0 bridgehead atoms. The Morgan fingerprint density at radius 2 is 2.11 bits per heavy atom. The molecule has 1 aliphatic heterocycles. The number of hydrogen-bond acceptors (Lipinski definition) is 4. The van der Waals surface area contributed by atoms with Crippen LogP contribution in [0, 0.1) is 6.92 Å². The largest absolute Gasteiger partial charge is 0.383 e. The molecule has 1 fully saturated rings. The Bertz CT molecular complexity index is 392. The lowest BCUT2D eigenvalue weighted by Crippen LogP contribution is -2.32. The maximum absolute atomic E-state index is 5.04. The summed E-state index contributed by atoms with van der Waals surface area (Å²) in [4.78, 5) is 2.49. The maximum atomic E-state index is 5.04. The van der Waals surface area contributed by atoms with E-state index in [-0.39, 0.29) is 0 Å². The van der Waals surface area contributed by atoms with Crippen LogP contribution < -0.4 is 10.2 Å². The van der Waals surface area contributed by atoms with Crippen LogP contribution in [0.15, 0.2) is 18.2 Å². The van der Waals surface area contributed by atoms with E-state index in [1.165, 1.54) is 41.4 Å². The van der Waals surface area contributed by atoms with Crippen molar-refractivity contribution in [3.05, 3.63) is 29.3 Å². The summed E-state index contributed by atoms with van der Waals surface area (Å²) >= 11 is 2.05. The number of nitrogens with zero attached hydrogens (tertiary/aromatic N) is 1. The summed E-state index contributed by atoms with van der Waals surface area (Å²) in [6, 6.07) is 6.84. The van der Waals surface area contributed by atoms with Gasteiger partial charge >= 0.3 is 0 Å². The fourth-order valence-electron chi connectivity index (χ4n) is 2.29. The number of aryl methyl sites for hydroxylation is 1. The van der Waals surface area contributed by atoms with Crippen molar-refractivity contribution < 1.29 is 4.74 Å². The lowest BCUT2D eigenvalue weighted by molar-refractivity contribution is 0.199. The van der Waals surface area contributed by atoms with Crippen molar-refractivity contribution in [1.29, 1.82) is 0 Å². The highest BCUT2D eigenvalue weighted by Gasteiger charge is 2.11. The lowest BCUT2D eigenvalue weighted by atomic mass is 10.1. The van der Waals surface area contributed by atoms with Crippen LogP contribution in [0.25, 0.3) is 0 Å². The predicted octanol–water partition coefficient (Wildman–Crippen LogP) is 2.28. The van der Waals surface area contributed by atoms with Crippen molar-refractivity contribution in [3.63, 3.8) is 0 Å². The first-order valence-electron chi connectivity index (χ1n) is 6.93. The fraction of sp³-hybridized carbons (Fsp3) is 0.600. The smallest absolute Gasteiger partial charge is 0.0587 e. The average Bonchev–Trinajstić information content (AvgIpc) is 2.46. The maximum Gasteiger partial charge on any atom is 0.0587 e. The summed E-state index contributed by atoms with van der Waals surface area (Å²) < 4.78 is 5.04. The Morgan fingerprint density at radius 1 is 1.32 bits per heavy atom. The molecule has 1 aliphatic rings. The number of benzene rings is 1. The number of methoxy groups -OCH3 is 1. The van der Waals surface area contributed by atoms with E-state index in [4.69, 9.17) is 4.74 Å². The molecule has 0 radical (unpaired) electrons. The molecule has 1 aromatic carbocycles. The summed E-state index contributed by atoms with van der Waals surface area (Å²) in [6.07, 6.45) is 0. The Labute approximate surface area is 120 Å². The van der Waals surface area contributed by atoms with Crippen LogP contribution in [0.3, 0.4) is 0 Å². The van der Waals surface area contributed by atoms with Crippen molar-refractivity contribution in [2.45, 2.75) is 13.5 Å². The number of anilines is 1. The van der Waals surface area contributed by atoms with E-state index in [0.717, 1.165) is 19.7 Å². The number of thioether (sulfide) groups is 1. The molecule has 0 unspecified atom stereocenters. The average molecular weight is 280 g/mol. The van der Waals surface area contributed by atoms with Gasteiger partial charge in [0.1, 0.15) is 0 Å². The van der Waals surface area contributed by atoms with E-state index in [9.17, 15) is 0 Å². The first-order valence-corrected chi connectivity index (χ1v) is 8.08. The minimum Gasteiger partial charge on any atom is -0.383 e. The second-order valence-corrected chi connectivity index (χ2v) is 6.10. The third-order valence-electron chi connectivity index (χ3n) is 3.50. The molecule has 1 N–H and O–H groups in total. The highest BCUT2D eigenvalue weighted by atomic mass is 32.2. The van der Waals surface area contributed by atoms with Crippen LogP contribution >= 0.6 is 11.8 Å². The molecule has 4 heteroatoms. The van der Waals surface area contributed by atoms with Gasteiger partial charge in [0.25, 0.3) is 0 Å². The number of ether oxygens (including phenoxy) is 1. The van der Waals surface area contributed by atoms with E-state index in [1.54, 1.807) is 7.11 Å². The molecule has 0 saturated carbocycles. The topological polar surface area (TPSA) is 24.5 Å². The van der Waals surface area contributed by atoms with Gasteiger partial charge in [-0.25, -0.2) is 0 Å². The van der Waals surface area contributed by atoms with Gasteiger partial charge in [0.15, 0.2) is 0 Å². The van der Waals surface area contributed by atoms with E-state index in [0.29, 0.717) is 0 Å². The zero-order valence-electron chi connectivity index (χ0n) is 11.9. The molecule has 1 aromatic rings. The standard InChI is InChI=1S/C15H24N2OS/c1-13-11-15(17-6-9-19-10-7-17)4-3-14(13)12-16-5-8-18-2/h3-4,11,16H,5-10,12H2,1-2H3. The molecule has 106 valence electrons. The van der Waals surface area contributed by atoms with Gasteiger partial charge in [-0.3, -0.25) is 0 Å². The Hall–Kier alpha value is -0.710. The second-order valence-electron chi connectivity index (χ2n) is 4.88. The van der Waals surface area contributed by atoms with Crippen molar-refractivity contribution in [1.82, 2.24) is 5.32 Å². The molecule has 0 spiro atoms.